The van der Waals surface area contributed by atoms with Gasteiger partial charge in [-0.25, -0.2) is 0 Å². The summed E-state index contributed by atoms with van der Waals surface area (Å²) in [4.78, 5) is 0. The van der Waals surface area contributed by atoms with Gasteiger partial charge in [0.1, 0.15) is 0 Å². The highest BCUT2D eigenvalue weighted by atomic mass is 14.9. The van der Waals surface area contributed by atoms with Crippen LogP contribution in [-0.4, -0.2) is 6.54 Å². The first-order valence-corrected chi connectivity index (χ1v) is 7.90. The van der Waals surface area contributed by atoms with Crippen LogP contribution in [-0.2, 0) is 6.42 Å². The summed E-state index contributed by atoms with van der Waals surface area (Å²) in [5.41, 5.74) is 3.41. The minimum atomic E-state index is 0.467. The Hall–Kier alpha value is -0.820. The van der Waals surface area contributed by atoms with Crippen LogP contribution in [0.25, 0.3) is 0 Å². The van der Waals surface area contributed by atoms with Crippen molar-refractivity contribution in [3.8, 4) is 0 Å². The Labute approximate surface area is 118 Å². The normalized spacial score (nSPS) is 23.5. The molecule has 0 bridgehead atoms. The molecule has 2 atom stereocenters. The molecule has 2 unspecified atom stereocenters. The minimum Gasteiger partial charge on any atom is -0.310 e. The van der Waals surface area contributed by atoms with E-state index in [2.05, 4.69) is 57.3 Å². The van der Waals surface area contributed by atoms with Gasteiger partial charge in [0.15, 0.2) is 0 Å². The van der Waals surface area contributed by atoms with Gasteiger partial charge in [0.25, 0.3) is 0 Å². The van der Waals surface area contributed by atoms with Crippen molar-refractivity contribution in [1.82, 2.24) is 5.32 Å². The van der Waals surface area contributed by atoms with E-state index in [4.69, 9.17) is 0 Å². The fourth-order valence-electron chi connectivity index (χ4n) is 3.69. The average molecular weight is 259 g/mol. The van der Waals surface area contributed by atoms with E-state index in [1.54, 1.807) is 0 Å². The largest absolute Gasteiger partial charge is 0.310 e. The second-order valence-electron chi connectivity index (χ2n) is 6.62. The number of benzene rings is 1. The summed E-state index contributed by atoms with van der Waals surface area (Å²) in [7, 11) is 0. The van der Waals surface area contributed by atoms with Crippen LogP contribution >= 0.6 is 0 Å². The van der Waals surface area contributed by atoms with Crippen LogP contribution in [0, 0.1) is 11.3 Å². The number of hydrogen-bond donors (Lipinski definition) is 1. The van der Waals surface area contributed by atoms with Crippen molar-refractivity contribution < 1.29 is 0 Å². The van der Waals surface area contributed by atoms with E-state index in [0.717, 1.165) is 18.9 Å². The minimum absolute atomic E-state index is 0.467. The van der Waals surface area contributed by atoms with Gasteiger partial charge in [-0.2, -0.15) is 0 Å². The summed E-state index contributed by atoms with van der Waals surface area (Å²) in [6, 6.07) is 9.70. The molecule has 1 aliphatic rings. The van der Waals surface area contributed by atoms with Crippen LogP contribution in [0.3, 0.4) is 0 Å². The number of aryl methyl sites for hydroxylation is 1. The molecule has 0 aromatic heterocycles. The van der Waals surface area contributed by atoms with Gasteiger partial charge >= 0.3 is 0 Å². The zero-order valence-electron chi connectivity index (χ0n) is 13.0. The van der Waals surface area contributed by atoms with Crippen LogP contribution in [0.15, 0.2) is 24.3 Å². The lowest BCUT2D eigenvalue weighted by Gasteiger charge is -2.35. The zero-order valence-corrected chi connectivity index (χ0v) is 13.0. The van der Waals surface area contributed by atoms with E-state index in [1.807, 2.05) is 0 Å². The molecular weight excluding hydrogens is 230 g/mol. The molecule has 1 aromatic carbocycles. The molecule has 1 heteroatoms. The van der Waals surface area contributed by atoms with Gasteiger partial charge in [0, 0.05) is 6.04 Å². The molecule has 0 saturated heterocycles. The summed E-state index contributed by atoms with van der Waals surface area (Å²) < 4.78 is 0. The number of rotatable bonds is 5. The number of hydrogen-bond acceptors (Lipinski definition) is 1. The van der Waals surface area contributed by atoms with Crippen molar-refractivity contribution >= 4 is 0 Å². The first-order valence-electron chi connectivity index (χ1n) is 7.90. The molecule has 0 heterocycles. The Balaban J connectivity index is 2.28. The van der Waals surface area contributed by atoms with E-state index in [1.165, 1.54) is 30.4 Å². The first kappa shape index (κ1) is 14.6. The second kappa shape index (κ2) is 6.09. The number of nitrogens with one attached hydrogen (secondary N) is 1. The summed E-state index contributed by atoms with van der Waals surface area (Å²) >= 11 is 0. The molecule has 0 aliphatic heterocycles. The Bertz CT molecular complexity index is 408. The maximum atomic E-state index is 3.75. The molecule has 1 saturated carbocycles. The highest BCUT2D eigenvalue weighted by Crippen LogP contribution is 2.48. The van der Waals surface area contributed by atoms with Crippen molar-refractivity contribution in [2.75, 3.05) is 6.54 Å². The molecule has 0 amide bonds. The van der Waals surface area contributed by atoms with Gasteiger partial charge < -0.3 is 5.32 Å². The third kappa shape index (κ3) is 3.20. The van der Waals surface area contributed by atoms with E-state index < -0.39 is 0 Å². The average Bonchev–Trinajstić information content (AvgIpc) is 2.75. The molecule has 1 aliphatic carbocycles. The topological polar surface area (TPSA) is 12.0 Å². The Morgan fingerprint density at radius 2 is 2.11 bits per heavy atom. The highest BCUT2D eigenvalue weighted by molar-refractivity contribution is 5.27. The van der Waals surface area contributed by atoms with E-state index in [-0.39, 0.29) is 0 Å². The summed E-state index contributed by atoms with van der Waals surface area (Å²) in [6.07, 6.45) is 5.24. The van der Waals surface area contributed by atoms with Gasteiger partial charge in [0.2, 0.25) is 0 Å². The van der Waals surface area contributed by atoms with Crippen molar-refractivity contribution in [3.05, 3.63) is 35.4 Å². The van der Waals surface area contributed by atoms with E-state index in [0.29, 0.717) is 11.5 Å². The van der Waals surface area contributed by atoms with Gasteiger partial charge in [-0.05, 0) is 48.3 Å². The van der Waals surface area contributed by atoms with Gasteiger partial charge in [-0.1, -0.05) is 58.4 Å². The maximum Gasteiger partial charge on any atom is 0.0353 e. The first-order chi connectivity index (χ1) is 9.08. The van der Waals surface area contributed by atoms with Crippen molar-refractivity contribution in [2.24, 2.45) is 11.3 Å². The van der Waals surface area contributed by atoms with Crippen molar-refractivity contribution in [2.45, 2.75) is 59.4 Å². The molecule has 0 radical (unpaired) electrons. The summed E-state index contributed by atoms with van der Waals surface area (Å²) in [6.45, 7) is 10.4. The van der Waals surface area contributed by atoms with Crippen LogP contribution in [0.2, 0.25) is 0 Å². The zero-order chi connectivity index (χ0) is 13.9. The molecule has 1 N–H and O–H groups in total. The smallest absolute Gasteiger partial charge is 0.0353 e. The summed E-state index contributed by atoms with van der Waals surface area (Å²) in [5.74, 6) is 0.763. The molecule has 0 spiro atoms. The fourth-order valence-corrected chi connectivity index (χ4v) is 3.69. The molecule has 19 heavy (non-hydrogen) atoms. The molecule has 106 valence electrons. The SMILES string of the molecule is CCNC(c1cccc(CC)c1)C1CCCC1(C)C. The van der Waals surface area contributed by atoms with Crippen LogP contribution in [0.1, 0.15) is 64.1 Å². The molecule has 1 aromatic rings. The highest BCUT2D eigenvalue weighted by Gasteiger charge is 2.39. The Morgan fingerprint density at radius 3 is 2.68 bits per heavy atom. The standard InChI is InChI=1S/C18H29N/c1-5-14-9-7-10-15(13-14)17(19-6-2)16-11-8-12-18(16,3)4/h7,9-10,13,16-17,19H,5-6,8,11-12H2,1-4H3. The second-order valence-corrected chi connectivity index (χ2v) is 6.62. The monoisotopic (exact) mass is 259 g/mol. The molecule has 2 rings (SSSR count). The third-order valence-corrected chi connectivity index (χ3v) is 4.88. The van der Waals surface area contributed by atoms with Gasteiger partial charge in [-0.15, -0.1) is 0 Å². The molecular formula is C18H29N. The quantitative estimate of drug-likeness (QED) is 0.806. The lowest BCUT2D eigenvalue weighted by Crippen LogP contribution is -2.34. The fraction of sp³-hybridized carbons (Fsp3) is 0.667. The van der Waals surface area contributed by atoms with Crippen LogP contribution in [0.4, 0.5) is 0 Å². The van der Waals surface area contributed by atoms with Gasteiger partial charge in [0.05, 0.1) is 0 Å². The molecule has 1 nitrogen and oxygen atoms in total. The van der Waals surface area contributed by atoms with Crippen LogP contribution in [0.5, 0.6) is 0 Å². The summed E-state index contributed by atoms with van der Waals surface area (Å²) in [5, 5.41) is 3.75. The lowest BCUT2D eigenvalue weighted by atomic mass is 9.75. The third-order valence-electron chi connectivity index (χ3n) is 4.88. The maximum absolute atomic E-state index is 3.75. The van der Waals surface area contributed by atoms with Crippen LogP contribution < -0.4 is 5.32 Å². The van der Waals surface area contributed by atoms with Crippen molar-refractivity contribution in [3.63, 3.8) is 0 Å². The predicted octanol–water partition coefficient (Wildman–Crippen LogP) is 4.73. The van der Waals surface area contributed by atoms with Gasteiger partial charge in [-0.3, -0.25) is 0 Å². The predicted molar refractivity (Wildman–Crippen MR) is 83.4 cm³/mol. The molecule has 1 fully saturated rings. The van der Waals surface area contributed by atoms with Crippen molar-refractivity contribution in [1.29, 1.82) is 0 Å². The lowest BCUT2D eigenvalue weighted by molar-refractivity contribution is 0.199. The Morgan fingerprint density at radius 1 is 1.32 bits per heavy atom. The van der Waals surface area contributed by atoms with E-state index in [9.17, 15) is 0 Å². The van der Waals surface area contributed by atoms with E-state index >= 15 is 0 Å². The Kier molecular flexibility index (Phi) is 4.67.